The zero-order chi connectivity index (χ0) is 12.6. The molecule has 0 spiro atoms. The second-order valence-electron chi connectivity index (χ2n) is 5.20. The molecule has 0 aromatic carbocycles. The van der Waals surface area contributed by atoms with Gasteiger partial charge in [0.05, 0.1) is 5.60 Å². The van der Waals surface area contributed by atoms with E-state index in [-0.39, 0.29) is 0 Å². The van der Waals surface area contributed by atoms with E-state index in [2.05, 4.69) is 31.7 Å². The van der Waals surface area contributed by atoms with Gasteiger partial charge in [-0.1, -0.05) is 25.5 Å². The normalized spacial score (nSPS) is 13.6. The zero-order valence-electron chi connectivity index (χ0n) is 11.7. The van der Waals surface area contributed by atoms with Gasteiger partial charge in [-0.05, 0) is 53.1 Å². The molecule has 0 unspecified atom stereocenters. The minimum Gasteiger partial charge on any atom is -0.390 e. The van der Waals surface area contributed by atoms with Gasteiger partial charge in [0, 0.05) is 6.54 Å². The molecule has 0 aliphatic carbocycles. The Kier molecular flexibility index (Phi) is 7.69. The van der Waals surface area contributed by atoms with E-state index in [1.165, 1.54) is 5.57 Å². The molecule has 0 saturated heterocycles. The molecule has 1 N–H and O–H groups in total. The molecule has 0 amide bonds. The van der Waals surface area contributed by atoms with Crippen molar-refractivity contribution in [3.63, 3.8) is 0 Å². The van der Waals surface area contributed by atoms with Crippen molar-refractivity contribution in [1.82, 2.24) is 4.90 Å². The van der Waals surface area contributed by atoms with Crippen molar-refractivity contribution in [2.24, 2.45) is 0 Å². The van der Waals surface area contributed by atoms with E-state index in [0.717, 1.165) is 38.9 Å². The van der Waals surface area contributed by atoms with Crippen LogP contribution < -0.4 is 0 Å². The summed E-state index contributed by atoms with van der Waals surface area (Å²) in [6, 6.07) is 0. The Hall–Kier alpha value is -0.340. The van der Waals surface area contributed by atoms with Crippen LogP contribution >= 0.6 is 0 Å². The minimum absolute atomic E-state index is 0.515. The Labute approximate surface area is 101 Å². The van der Waals surface area contributed by atoms with Gasteiger partial charge in [-0.3, -0.25) is 0 Å². The number of likely N-dealkylation sites (N-methyl/N-ethyl adjacent to an activating group) is 1. The summed E-state index contributed by atoms with van der Waals surface area (Å²) >= 11 is 0. The fourth-order valence-corrected chi connectivity index (χ4v) is 1.67. The lowest BCUT2D eigenvalue weighted by Gasteiger charge is -2.17. The highest BCUT2D eigenvalue weighted by Gasteiger charge is 2.11. The molecule has 0 aliphatic heterocycles. The highest BCUT2D eigenvalue weighted by atomic mass is 16.3. The van der Waals surface area contributed by atoms with Crippen molar-refractivity contribution >= 4 is 0 Å². The number of rotatable bonds is 8. The highest BCUT2D eigenvalue weighted by molar-refractivity contribution is 4.99. The first kappa shape index (κ1) is 15.7. The van der Waals surface area contributed by atoms with Gasteiger partial charge in [-0.15, -0.1) is 0 Å². The van der Waals surface area contributed by atoms with Crippen LogP contribution in [-0.4, -0.2) is 35.2 Å². The van der Waals surface area contributed by atoms with Crippen molar-refractivity contribution in [3.8, 4) is 0 Å². The number of nitrogens with zero attached hydrogens (tertiary/aromatic N) is 1. The summed E-state index contributed by atoms with van der Waals surface area (Å²) < 4.78 is 0. The summed E-state index contributed by atoms with van der Waals surface area (Å²) in [6.45, 7) is 13.6. The quantitative estimate of drug-likeness (QED) is 0.644. The molecule has 0 fully saturated rings. The molecule has 0 bridgehead atoms. The molecule has 0 atom stereocenters. The average Bonchev–Trinajstić information content (AvgIpc) is 2.17. The third-order valence-electron chi connectivity index (χ3n) is 2.95. The molecule has 0 radical (unpaired) electrons. The lowest BCUT2D eigenvalue weighted by molar-refractivity contribution is 0.0689. The van der Waals surface area contributed by atoms with Crippen molar-refractivity contribution in [1.29, 1.82) is 0 Å². The fourth-order valence-electron chi connectivity index (χ4n) is 1.67. The second kappa shape index (κ2) is 7.86. The maximum atomic E-state index is 9.60. The van der Waals surface area contributed by atoms with Gasteiger partial charge >= 0.3 is 0 Å². The summed E-state index contributed by atoms with van der Waals surface area (Å²) in [5, 5.41) is 9.60. The van der Waals surface area contributed by atoms with E-state index in [1.807, 2.05) is 13.8 Å². The Bertz CT molecular complexity index is 199. The maximum Gasteiger partial charge on any atom is 0.0591 e. The van der Waals surface area contributed by atoms with E-state index in [1.54, 1.807) is 0 Å². The largest absolute Gasteiger partial charge is 0.390 e. The summed E-state index contributed by atoms with van der Waals surface area (Å²) in [4.78, 5) is 2.40. The van der Waals surface area contributed by atoms with Gasteiger partial charge in [-0.2, -0.15) is 0 Å². The van der Waals surface area contributed by atoms with Crippen LogP contribution in [-0.2, 0) is 0 Å². The number of hydrogen-bond acceptors (Lipinski definition) is 2. The minimum atomic E-state index is -0.515. The van der Waals surface area contributed by atoms with E-state index in [0.29, 0.717) is 0 Å². The first-order chi connectivity index (χ1) is 7.39. The van der Waals surface area contributed by atoms with E-state index in [9.17, 15) is 5.11 Å². The van der Waals surface area contributed by atoms with Crippen LogP contribution in [0.1, 0.15) is 53.9 Å². The monoisotopic (exact) mass is 227 g/mol. The first-order valence-electron chi connectivity index (χ1n) is 6.49. The predicted octanol–water partition coefficient (Wildman–Crippen LogP) is 3.22. The van der Waals surface area contributed by atoms with E-state index in [4.69, 9.17) is 0 Å². The third kappa shape index (κ3) is 8.93. The van der Waals surface area contributed by atoms with Crippen molar-refractivity contribution in [3.05, 3.63) is 11.6 Å². The highest BCUT2D eigenvalue weighted by Crippen LogP contribution is 2.15. The number of aliphatic hydroxyl groups is 1. The molecule has 0 aromatic rings. The summed E-state index contributed by atoms with van der Waals surface area (Å²) in [6.07, 6.45) is 5.37. The van der Waals surface area contributed by atoms with Crippen LogP contribution in [0.4, 0.5) is 0 Å². The topological polar surface area (TPSA) is 23.5 Å². The van der Waals surface area contributed by atoms with E-state index >= 15 is 0 Å². The molecule has 16 heavy (non-hydrogen) atoms. The molecule has 2 nitrogen and oxygen atoms in total. The lowest BCUT2D eigenvalue weighted by Crippen LogP contribution is -2.22. The molecule has 0 aromatic heterocycles. The van der Waals surface area contributed by atoms with Gasteiger partial charge in [0.15, 0.2) is 0 Å². The van der Waals surface area contributed by atoms with Crippen molar-refractivity contribution < 1.29 is 5.11 Å². The van der Waals surface area contributed by atoms with Crippen LogP contribution in [0.5, 0.6) is 0 Å². The smallest absolute Gasteiger partial charge is 0.0591 e. The third-order valence-corrected chi connectivity index (χ3v) is 2.95. The van der Waals surface area contributed by atoms with Crippen LogP contribution in [0.3, 0.4) is 0 Å². The summed E-state index contributed by atoms with van der Waals surface area (Å²) in [5.41, 5.74) is 0.926. The molecule has 0 heterocycles. The molecule has 0 rings (SSSR count). The Morgan fingerprint density at radius 1 is 1.25 bits per heavy atom. The summed E-state index contributed by atoms with van der Waals surface area (Å²) in [5.74, 6) is 0. The average molecular weight is 227 g/mol. The van der Waals surface area contributed by atoms with Crippen LogP contribution in [0.25, 0.3) is 0 Å². The Balaban J connectivity index is 3.79. The van der Waals surface area contributed by atoms with Gasteiger partial charge < -0.3 is 10.0 Å². The molecular weight excluding hydrogens is 198 g/mol. The maximum absolute atomic E-state index is 9.60. The molecule has 96 valence electrons. The van der Waals surface area contributed by atoms with Gasteiger partial charge in [0.1, 0.15) is 0 Å². The molecular formula is C14H29NO. The molecule has 0 aliphatic rings. The van der Waals surface area contributed by atoms with Gasteiger partial charge in [0.25, 0.3) is 0 Å². The van der Waals surface area contributed by atoms with Crippen LogP contribution in [0.2, 0.25) is 0 Å². The lowest BCUT2D eigenvalue weighted by atomic mass is 9.99. The van der Waals surface area contributed by atoms with Gasteiger partial charge in [0.2, 0.25) is 0 Å². The summed E-state index contributed by atoms with van der Waals surface area (Å²) in [7, 11) is 0. The van der Waals surface area contributed by atoms with Crippen molar-refractivity contribution in [2.45, 2.75) is 59.5 Å². The molecule has 0 saturated carbocycles. The Morgan fingerprint density at radius 3 is 2.25 bits per heavy atom. The number of hydrogen-bond donors (Lipinski definition) is 1. The second-order valence-corrected chi connectivity index (χ2v) is 5.20. The van der Waals surface area contributed by atoms with E-state index < -0.39 is 5.60 Å². The fraction of sp³-hybridized carbons (Fsp3) is 0.857. The molecule has 2 heteroatoms. The zero-order valence-corrected chi connectivity index (χ0v) is 11.7. The standard InChI is InChI=1S/C14H29NO/c1-6-15(7-2)12-10-13(3)9-8-11-14(4,5)16/h10,16H,6-9,11-12H2,1-5H3. The van der Waals surface area contributed by atoms with Crippen LogP contribution in [0.15, 0.2) is 11.6 Å². The predicted molar refractivity (Wildman–Crippen MR) is 71.7 cm³/mol. The van der Waals surface area contributed by atoms with Crippen LogP contribution in [0, 0.1) is 0 Å². The first-order valence-corrected chi connectivity index (χ1v) is 6.49. The number of allylic oxidation sites excluding steroid dienone is 1. The Morgan fingerprint density at radius 2 is 1.81 bits per heavy atom. The SMILES string of the molecule is CCN(CC)CC=C(C)CCCC(C)(C)O. The van der Waals surface area contributed by atoms with Crippen molar-refractivity contribution in [2.75, 3.05) is 19.6 Å². The van der Waals surface area contributed by atoms with Gasteiger partial charge in [-0.25, -0.2) is 0 Å².